The maximum atomic E-state index is 2.60. The van der Waals surface area contributed by atoms with Gasteiger partial charge in [-0.2, -0.15) is 0 Å². The van der Waals surface area contributed by atoms with Crippen LogP contribution in [0.4, 0.5) is 0 Å². The first-order valence-electron chi connectivity index (χ1n) is 11.8. The quantitative estimate of drug-likeness (QED) is 0.404. The molecule has 3 aromatic rings. The first kappa shape index (κ1) is 18.6. The molecular weight excluding hydrogens is 364 g/mol. The number of hydrogen-bond donors (Lipinski definition) is 0. The Morgan fingerprint density at radius 3 is 1.97 bits per heavy atom. The number of likely N-dealkylation sites (tertiary alicyclic amines) is 2. The van der Waals surface area contributed by atoms with Gasteiger partial charge in [0.05, 0.1) is 0 Å². The molecule has 154 valence electrons. The van der Waals surface area contributed by atoms with Crippen molar-refractivity contribution in [3.8, 4) is 22.3 Å². The summed E-state index contributed by atoms with van der Waals surface area (Å²) in [6, 6.07) is 18.7. The fraction of sp³-hybridized carbons (Fsp3) is 0.429. The van der Waals surface area contributed by atoms with E-state index in [1.165, 1.54) is 79.3 Å². The van der Waals surface area contributed by atoms with Gasteiger partial charge in [0, 0.05) is 0 Å². The third-order valence-electron chi connectivity index (χ3n) is 8.01. The van der Waals surface area contributed by atoms with Crippen LogP contribution in [0.15, 0.2) is 48.5 Å². The summed E-state index contributed by atoms with van der Waals surface area (Å²) < 4.78 is 0. The molecule has 3 aliphatic rings. The molecule has 0 amide bonds. The van der Waals surface area contributed by atoms with Gasteiger partial charge in [-0.3, -0.25) is 0 Å². The lowest BCUT2D eigenvalue weighted by molar-refractivity contribution is 0.246. The van der Waals surface area contributed by atoms with Crippen LogP contribution in [0, 0.1) is 0 Å². The predicted molar refractivity (Wildman–Crippen MR) is 127 cm³/mol. The highest BCUT2D eigenvalue weighted by atomic mass is 15.1. The molecule has 2 nitrogen and oxygen atoms in total. The molecule has 30 heavy (non-hydrogen) atoms. The third-order valence-corrected chi connectivity index (χ3v) is 8.01. The number of rotatable bonds is 2. The zero-order valence-corrected chi connectivity index (χ0v) is 18.3. The molecule has 2 aliphatic heterocycles. The van der Waals surface area contributed by atoms with Crippen LogP contribution < -0.4 is 0 Å². The standard InChI is InChI=1S/C28H32N2/c1-29-14-10-19(11-15-29)25-18-21-6-5-9-23-22-7-3-4-8-24(22)28(27(21)23)26(25)20-12-16-30(2)17-13-20/h3-9,18-20H,10-17H2,1-2H3. The Kier molecular flexibility index (Phi) is 4.47. The molecule has 2 heteroatoms. The first-order chi connectivity index (χ1) is 14.7. The Morgan fingerprint density at radius 2 is 1.27 bits per heavy atom. The van der Waals surface area contributed by atoms with Gasteiger partial charge < -0.3 is 9.80 Å². The fourth-order valence-electron chi connectivity index (χ4n) is 6.33. The van der Waals surface area contributed by atoms with Crippen molar-refractivity contribution in [3.05, 3.63) is 59.7 Å². The molecule has 0 saturated carbocycles. The van der Waals surface area contributed by atoms with Crippen LogP contribution in [-0.2, 0) is 0 Å². The number of piperidine rings is 2. The molecule has 0 atom stereocenters. The van der Waals surface area contributed by atoms with Gasteiger partial charge in [0.1, 0.15) is 0 Å². The van der Waals surface area contributed by atoms with E-state index < -0.39 is 0 Å². The maximum Gasteiger partial charge on any atom is -0.00159 e. The van der Waals surface area contributed by atoms with E-state index in [9.17, 15) is 0 Å². The number of fused-ring (bicyclic) bond motifs is 3. The molecule has 2 heterocycles. The smallest absolute Gasteiger partial charge is 0.00159 e. The van der Waals surface area contributed by atoms with Crippen LogP contribution in [0.25, 0.3) is 33.0 Å². The minimum absolute atomic E-state index is 0.689. The topological polar surface area (TPSA) is 6.48 Å². The van der Waals surface area contributed by atoms with Crippen molar-refractivity contribution < 1.29 is 0 Å². The van der Waals surface area contributed by atoms with Gasteiger partial charge in [-0.25, -0.2) is 0 Å². The van der Waals surface area contributed by atoms with Gasteiger partial charge in [0.15, 0.2) is 0 Å². The average Bonchev–Trinajstić information content (AvgIpc) is 3.11. The van der Waals surface area contributed by atoms with Crippen LogP contribution in [0.2, 0.25) is 0 Å². The van der Waals surface area contributed by atoms with Gasteiger partial charge in [-0.15, -0.1) is 0 Å². The lowest BCUT2D eigenvalue weighted by Gasteiger charge is -2.36. The van der Waals surface area contributed by atoms with Crippen LogP contribution in [0.5, 0.6) is 0 Å². The van der Waals surface area contributed by atoms with Crippen LogP contribution in [0.3, 0.4) is 0 Å². The number of hydrogen-bond acceptors (Lipinski definition) is 2. The lowest BCUT2D eigenvalue weighted by Crippen LogP contribution is -2.32. The highest BCUT2D eigenvalue weighted by Crippen LogP contribution is 2.53. The third kappa shape index (κ3) is 2.85. The molecule has 6 rings (SSSR count). The molecule has 2 saturated heterocycles. The van der Waals surface area contributed by atoms with E-state index in [0.29, 0.717) is 11.8 Å². The normalized spacial score (nSPS) is 20.7. The van der Waals surface area contributed by atoms with Crippen LogP contribution in [0.1, 0.15) is 48.6 Å². The van der Waals surface area contributed by atoms with E-state index in [-0.39, 0.29) is 0 Å². The summed E-state index contributed by atoms with van der Waals surface area (Å²) in [4.78, 5) is 5.00. The molecule has 0 radical (unpaired) electrons. The van der Waals surface area contributed by atoms with E-state index in [1.807, 2.05) is 0 Å². The summed E-state index contributed by atoms with van der Waals surface area (Å²) in [6.45, 7) is 4.89. The van der Waals surface area contributed by atoms with Crippen LogP contribution in [-0.4, -0.2) is 50.1 Å². The Balaban J connectivity index is 1.61. The van der Waals surface area contributed by atoms with Crippen molar-refractivity contribution in [1.82, 2.24) is 9.80 Å². The second-order valence-corrected chi connectivity index (χ2v) is 9.86. The van der Waals surface area contributed by atoms with Crippen molar-refractivity contribution in [1.29, 1.82) is 0 Å². The molecule has 0 aromatic heterocycles. The summed E-state index contributed by atoms with van der Waals surface area (Å²) in [5.74, 6) is 1.39. The van der Waals surface area contributed by atoms with E-state index in [4.69, 9.17) is 0 Å². The van der Waals surface area contributed by atoms with Gasteiger partial charge in [-0.05, 0) is 122 Å². The SMILES string of the molecule is CN1CCC(c2cc3cccc4c3c(c2C2CCN(C)CC2)-c2ccccc2-4)CC1. The highest BCUT2D eigenvalue weighted by Gasteiger charge is 2.33. The monoisotopic (exact) mass is 396 g/mol. The van der Waals surface area contributed by atoms with E-state index >= 15 is 0 Å². The predicted octanol–water partition coefficient (Wildman–Crippen LogP) is 6.11. The molecule has 0 unspecified atom stereocenters. The second kappa shape index (κ2) is 7.21. The summed E-state index contributed by atoms with van der Waals surface area (Å²) in [5.41, 5.74) is 9.33. The van der Waals surface area contributed by atoms with Crippen molar-refractivity contribution in [2.24, 2.45) is 0 Å². The Morgan fingerprint density at radius 1 is 0.667 bits per heavy atom. The largest absolute Gasteiger partial charge is 0.306 e. The molecule has 0 bridgehead atoms. The van der Waals surface area contributed by atoms with Crippen molar-refractivity contribution in [2.45, 2.75) is 37.5 Å². The molecule has 0 N–H and O–H groups in total. The van der Waals surface area contributed by atoms with Crippen molar-refractivity contribution >= 4 is 10.8 Å². The van der Waals surface area contributed by atoms with Gasteiger partial charge in [0.25, 0.3) is 0 Å². The van der Waals surface area contributed by atoms with Crippen molar-refractivity contribution in [2.75, 3.05) is 40.3 Å². The highest BCUT2D eigenvalue weighted by molar-refractivity contribution is 6.16. The minimum Gasteiger partial charge on any atom is -0.306 e. The minimum atomic E-state index is 0.689. The fourth-order valence-corrected chi connectivity index (χ4v) is 6.33. The van der Waals surface area contributed by atoms with E-state index in [2.05, 4.69) is 72.4 Å². The Bertz CT molecular complexity index is 1100. The average molecular weight is 397 g/mol. The first-order valence-corrected chi connectivity index (χ1v) is 11.8. The van der Waals surface area contributed by atoms with Crippen LogP contribution >= 0.6 is 0 Å². The second-order valence-electron chi connectivity index (χ2n) is 9.86. The van der Waals surface area contributed by atoms with Crippen molar-refractivity contribution in [3.63, 3.8) is 0 Å². The molecule has 1 aliphatic carbocycles. The maximum absolute atomic E-state index is 2.60. The molecule has 3 aromatic carbocycles. The number of nitrogens with zero attached hydrogens (tertiary/aromatic N) is 2. The lowest BCUT2D eigenvalue weighted by atomic mass is 9.75. The summed E-state index contributed by atoms with van der Waals surface area (Å²) in [6.07, 6.45) is 5.17. The summed E-state index contributed by atoms with van der Waals surface area (Å²) >= 11 is 0. The zero-order chi connectivity index (χ0) is 20.2. The number of benzene rings is 3. The summed E-state index contributed by atoms with van der Waals surface area (Å²) in [7, 11) is 4.55. The van der Waals surface area contributed by atoms with Gasteiger partial charge in [0.2, 0.25) is 0 Å². The molecule has 2 fully saturated rings. The van der Waals surface area contributed by atoms with Gasteiger partial charge >= 0.3 is 0 Å². The summed E-state index contributed by atoms with van der Waals surface area (Å²) in [5, 5.41) is 2.97. The Hall–Kier alpha value is -2.16. The van der Waals surface area contributed by atoms with E-state index in [0.717, 1.165) is 0 Å². The van der Waals surface area contributed by atoms with Gasteiger partial charge in [-0.1, -0.05) is 48.5 Å². The van der Waals surface area contributed by atoms with E-state index in [1.54, 1.807) is 16.7 Å². The zero-order valence-electron chi connectivity index (χ0n) is 18.3. The molecule has 0 spiro atoms. The molecular formula is C28H32N2. The Labute approximate surface area is 180 Å².